The van der Waals surface area contributed by atoms with E-state index in [1.807, 2.05) is 6.92 Å². The summed E-state index contributed by atoms with van der Waals surface area (Å²) in [5.41, 5.74) is -0.733. The van der Waals surface area contributed by atoms with Crippen molar-refractivity contribution in [1.82, 2.24) is 0 Å². The lowest BCUT2D eigenvalue weighted by molar-refractivity contribution is -0.147. The molecule has 2 nitrogen and oxygen atoms in total. The number of ether oxygens (including phenoxy) is 1. The molecule has 13 heavy (non-hydrogen) atoms. The van der Waals surface area contributed by atoms with Gasteiger partial charge in [-0.05, 0) is 25.2 Å². The Morgan fingerprint density at radius 3 is 3.08 bits per heavy atom. The van der Waals surface area contributed by atoms with Gasteiger partial charge in [0, 0.05) is 5.92 Å². The molecule has 1 saturated carbocycles. The van der Waals surface area contributed by atoms with Crippen molar-refractivity contribution in [3.8, 4) is 0 Å². The van der Waals surface area contributed by atoms with Gasteiger partial charge in [-0.2, -0.15) is 0 Å². The fourth-order valence-corrected chi connectivity index (χ4v) is 3.72. The van der Waals surface area contributed by atoms with Crippen LogP contribution in [0.3, 0.4) is 0 Å². The molecule has 5 atom stereocenters. The largest absolute Gasteiger partial charge is 0.445 e. The van der Waals surface area contributed by atoms with Crippen molar-refractivity contribution >= 4 is 17.6 Å². The average Bonchev–Trinajstić information content (AvgIpc) is 2.66. The summed E-state index contributed by atoms with van der Waals surface area (Å²) >= 11 is 6.01. The molecule has 0 aromatic rings. The van der Waals surface area contributed by atoms with E-state index < -0.39 is 5.56 Å². The molecule has 0 spiro atoms. The molecule has 0 amide bonds. The molecule has 0 radical (unpaired) electrons. The number of allylic oxidation sites excluding steroid dienone is 2. The summed E-state index contributed by atoms with van der Waals surface area (Å²) in [5.74, 6) is 0.925. The van der Waals surface area contributed by atoms with Gasteiger partial charge in [-0.1, -0.05) is 23.8 Å². The van der Waals surface area contributed by atoms with Crippen molar-refractivity contribution in [1.29, 1.82) is 0 Å². The Bertz CT molecular complexity index is 312. The Labute approximate surface area is 81.9 Å². The van der Waals surface area contributed by atoms with Gasteiger partial charge in [-0.25, -0.2) is 0 Å². The van der Waals surface area contributed by atoms with Crippen LogP contribution in [0.5, 0.6) is 0 Å². The number of carbonyl (C=O) groups is 1. The lowest BCUT2D eigenvalue weighted by Crippen LogP contribution is -2.34. The second kappa shape index (κ2) is 2.11. The third-order valence-electron chi connectivity index (χ3n) is 3.98. The van der Waals surface area contributed by atoms with E-state index in [4.69, 9.17) is 16.3 Å². The van der Waals surface area contributed by atoms with E-state index in [0.29, 0.717) is 11.8 Å². The molecular weight excluding hydrogens is 188 g/mol. The summed E-state index contributed by atoms with van der Waals surface area (Å²) in [6.45, 7) is 2.00. The van der Waals surface area contributed by atoms with E-state index in [1.165, 1.54) is 0 Å². The first-order chi connectivity index (χ1) is 6.14. The van der Waals surface area contributed by atoms with E-state index in [2.05, 4.69) is 12.2 Å². The molecule has 1 saturated heterocycles. The molecular formula is C10H11ClO2. The van der Waals surface area contributed by atoms with Crippen LogP contribution in [-0.2, 0) is 9.53 Å². The van der Waals surface area contributed by atoms with Crippen LogP contribution in [0, 0.1) is 23.2 Å². The lowest BCUT2D eigenvalue weighted by atomic mass is 9.72. The van der Waals surface area contributed by atoms with Crippen LogP contribution >= 0.6 is 11.6 Å². The van der Waals surface area contributed by atoms with Crippen LogP contribution < -0.4 is 0 Å². The maximum Gasteiger partial charge on any atom is 0.314 e. The number of carbonyl (C=O) groups excluding carboxylic acids is 1. The number of fused-ring (bicyclic) bond motifs is 5. The third-order valence-corrected chi connectivity index (χ3v) is 4.34. The van der Waals surface area contributed by atoms with Crippen LogP contribution in [0.1, 0.15) is 13.3 Å². The summed E-state index contributed by atoms with van der Waals surface area (Å²) in [5, 5.41) is 0. The SMILES string of the molecule is C[C@@]12C(=O)O[C@H](Cl)[C@@H]1[C@@H]1C=C[C@H]2C1. The molecule has 3 rings (SSSR count). The van der Waals surface area contributed by atoms with E-state index in [-0.39, 0.29) is 17.3 Å². The van der Waals surface area contributed by atoms with Crippen molar-refractivity contribution in [2.75, 3.05) is 0 Å². The van der Waals surface area contributed by atoms with Gasteiger partial charge in [0.05, 0.1) is 5.41 Å². The molecule has 0 unspecified atom stereocenters. The van der Waals surface area contributed by atoms with Gasteiger partial charge < -0.3 is 4.74 Å². The molecule has 0 aromatic heterocycles. The molecule has 3 aliphatic rings. The standard InChI is InChI=1S/C10H11ClO2/c1-10-6-3-2-5(4-6)7(10)8(11)13-9(10)12/h2-3,5-8H,4H2,1H3/t5-,6+,7+,8+,10+/m1/s1. The van der Waals surface area contributed by atoms with E-state index >= 15 is 0 Å². The maximum atomic E-state index is 11.6. The first-order valence-electron chi connectivity index (χ1n) is 4.67. The average molecular weight is 199 g/mol. The van der Waals surface area contributed by atoms with Crippen LogP contribution in [-0.4, -0.2) is 11.5 Å². The quantitative estimate of drug-likeness (QED) is 0.338. The van der Waals surface area contributed by atoms with Crippen LogP contribution in [0.15, 0.2) is 12.2 Å². The highest BCUT2D eigenvalue weighted by Crippen LogP contribution is 2.61. The predicted molar refractivity (Wildman–Crippen MR) is 48.1 cm³/mol. The van der Waals surface area contributed by atoms with Crippen molar-refractivity contribution in [3.05, 3.63) is 12.2 Å². The summed E-state index contributed by atoms with van der Waals surface area (Å²) in [6.07, 6.45) is 5.42. The fraction of sp³-hybridized carbons (Fsp3) is 0.700. The molecule has 1 aliphatic heterocycles. The number of alkyl halides is 1. The molecule has 2 aliphatic carbocycles. The Balaban J connectivity index is 2.12. The molecule has 1 heterocycles. The topological polar surface area (TPSA) is 26.3 Å². The third kappa shape index (κ3) is 0.700. The Kier molecular flexibility index (Phi) is 1.28. The normalized spacial score (nSPS) is 56.9. The second-order valence-corrected chi connectivity index (χ2v) is 4.89. The van der Waals surface area contributed by atoms with Crippen molar-refractivity contribution in [2.45, 2.75) is 18.9 Å². The summed E-state index contributed by atoms with van der Waals surface area (Å²) < 4.78 is 5.10. The van der Waals surface area contributed by atoms with Gasteiger partial charge in [-0.3, -0.25) is 4.79 Å². The highest BCUT2D eigenvalue weighted by atomic mass is 35.5. The summed E-state index contributed by atoms with van der Waals surface area (Å²) in [4.78, 5) is 11.6. The number of esters is 1. The van der Waals surface area contributed by atoms with Crippen molar-refractivity contribution in [3.63, 3.8) is 0 Å². The zero-order valence-electron chi connectivity index (χ0n) is 7.37. The molecule has 2 fully saturated rings. The maximum absolute atomic E-state index is 11.6. The molecule has 0 aromatic carbocycles. The van der Waals surface area contributed by atoms with Gasteiger partial charge >= 0.3 is 5.97 Å². The minimum Gasteiger partial charge on any atom is -0.445 e. The molecule has 2 bridgehead atoms. The minimum atomic E-state index is -0.405. The van der Waals surface area contributed by atoms with E-state index in [1.54, 1.807) is 0 Å². The van der Waals surface area contributed by atoms with E-state index in [0.717, 1.165) is 6.42 Å². The number of cyclic esters (lactones) is 1. The summed E-state index contributed by atoms with van der Waals surface area (Å²) in [6, 6.07) is 0. The van der Waals surface area contributed by atoms with Gasteiger partial charge in [0.2, 0.25) is 0 Å². The number of rotatable bonds is 0. The highest BCUT2D eigenvalue weighted by Gasteiger charge is 2.65. The van der Waals surface area contributed by atoms with Crippen LogP contribution in [0.25, 0.3) is 0 Å². The zero-order valence-corrected chi connectivity index (χ0v) is 8.12. The first-order valence-corrected chi connectivity index (χ1v) is 5.11. The Morgan fingerprint density at radius 2 is 2.38 bits per heavy atom. The molecule has 70 valence electrons. The van der Waals surface area contributed by atoms with Gasteiger partial charge in [0.25, 0.3) is 0 Å². The lowest BCUT2D eigenvalue weighted by Gasteiger charge is -2.27. The second-order valence-electron chi connectivity index (χ2n) is 4.46. The van der Waals surface area contributed by atoms with E-state index in [9.17, 15) is 4.79 Å². The summed E-state index contributed by atoms with van der Waals surface area (Å²) in [7, 11) is 0. The van der Waals surface area contributed by atoms with Crippen molar-refractivity contribution < 1.29 is 9.53 Å². The first kappa shape index (κ1) is 7.86. The van der Waals surface area contributed by atoms with Crippen LogP contribution in [0.4, 0.5) is 0 Å². The van der Waals surface area contributed by atoms with Gasteiger partial charge in [0.1, 0.15) is 0 Å². The predicted octanol–water partition coefficient (Wildman–Crippen LogP) is 1.94. The molecule has 0 N–H and O–H groups in total. The smallest absolute Gasteiger partial charge is 0.314 e. The van der Waals surface area contributed by atoms with Gasteiger partial charge in [0.15, 0.2) is 5.56 Å². The number of hydrogen-bond acceptors (Lipinski definition) is 2. The zero-order chi connectivity index (χ0) is 9.22. The molecule has 3 heteroatoms. The highest BCUT2D eigenvalue weighted by molar-refractivity contribution is 6.21. The number of halogens is 1. The Morgan fingerprint density at radius 1 is 1.62 bits per heavy atom. The monoisotopic (exact) mass is 198 g/mol. The Hall–Kier alpha value is -0.500. The van der Waals surface area contributed by atoms with Crippen LogP contribution in [0.2, 0.25) is 0 Å². The van der Waals surface area contributed by atoms with Crippen molar-refractivity contribution in [2.24, 2.45) is 23.2 Å². The minimum absolute atomic E-state index is 0.102. The number of hydrogen-bond donors (Lipinski definition) is 0. The fourth-order valence-electron chi connectivity index (χ4n) is 3.19. The van der Waals surface area contributed by atoms with Gasteiger partial charge in [-0.15, -0.1) is 0 Å².